The van der Waals surface area contributed by atoms with Gasteiger partial charge in [0.05, 0.1) is 26.2 Å². The molecule has 1 fully saturated rings. The maximum atomic E-state index is 3.48. The molecule has 1 aliphatic heterocycles. The number of rotatable bonds is 2. The van der Waals surface area contributed by atoms with E-state index in [0.717, 1.165) is 6.54 Å². The van der Waals surface area contributed by atoms with Gasteiger partial charge in [-0.2, -0.15) is 0 Å². The van der Waals surface area contributed by atoms with Gasteiger partial charge < -0.3 is 9.80 Å². The third kappa shape index (κ3) is 1.38. The van der Waals surface area contributed by atoms with Gasteiger partial charge in [-0.1, -0.05) is 0 Å². The van der Waals surface area contributed by atoms with Crippen molar-refractivity contribution in [3.05, 3.63) is 0 Å². The predicted octanol–water partition coefficient (Wildman–Crippen LogP) is 1.22. The Labute approximate surface area is 76.5 Å². The summed E-state index contributed by atoms with van der Waals surface area (Å²) in [6.07, 6.45) is 0. The maximum absolute atomic E-state index is 3.48. The van der Waals surface area contributed by atoms with E-state index in [1.807, 2.05) is 0 Å². The zero-order valence-corrected chi connectivity index (χ0v) is 8.98. The topological polar surface area (TPSA) is 12.0 Å². The molecule has 0 spiro atoms. The molecule has 0 unspecified atom stereocenters. The van der Waals surface area contributed by atoms with Crippen LogP contribution in [0.5, 0.6) is 0 Å². The molecule has 0 aromatic rings. The van der Waals surface area contributed by atoms with E-state index in [4.69, 9.17) is 0 Å². The first kappa shape index (κ1) is 10.0. The van der Waals surface area contributed by atoms with Crippen LogP contribution < -0.4 is 5.32 Å². The minimum absolute atomic E-state index is 0.418. The molecule has 0 bridgehead atoms. The second-order valence-electron chi connectivity index (χ2n) is 4.49. The Hall–Kier alpha value is -0.0800. The number of likely N-dealkylation sites (N-methyl/N-ethyl adjacent to an activating group) is 1. The third-order valence-corrected chi connectivity index (χ3v) is 3.77. The summed E-state index contributed by atoms with van der Waals surface area (Å²) in [6.45, 7) is 15.6. The van der Waals surface area contributed by atoms with Crippen molar-refractivity contribution in [2.45, 2.75) is 33.2 Å². The molecule has 1 heterocycles. The molecule has 0 aromatic carbocycles. The van der Waals surface area contributed by atoms with E-state index in [2.05, 4.69) is 33.0 Å². The summed E-state index contributed by atoms with van der Waals surface area (Å²) in [4.78, 5) is 0. The molecule has 2 heteroatoms. The third-order valence-electron chi connectivity index (χ3n) is 3.77. The van der Waals surface area contributed by atoms with Crippen LogP contribution in [-0.2, 0) is 0 Å². The lowest BCUT2D eigenvalue weighted by Crippen LogP contribution is -2.70. The van der Waals surface area contributed by atoms with Crippen LogP contribution in [0, 0.1) is 0 Å². The summed E-state index contributed by atoms with van der Waals surface area (Å²) in [6, 6.07) is 0. The van der Waals surface area contributed by atoms with E-state index in [-0.39, 0.29) is 0 Å². The van der Waals surface area contributed by atoms with E-state index in [1.165, 1.54) is 30.7 Å². The van der Waals surface area contributed by atoms with Gasteiger partial charge >= 0.3 is 0 Å². The first-order valence-corrected chi connectivity index (χ1v) is 5.15. The van der Waals surface area contributed by atoms with E-state index in [0.29, 0.717) is 5.54 Å². The Bertz CT molecular complexity index is 148. The standard InChI is InChI=1S/C10H23N2/c1-5-12(6-2)8-7-11-9-10(12,3)4/h11H,5-9H2,1-4H3/q+1. The normalized spacial score (nSPS) is 27.0. The van der Waals surface area contributed by atoms with E-state index in [1.54, 1.807) is 0 Å². The number of nitrogens with one attached hydrogen (secondary N) is 1. The second-order valence-corrected chi connectivity index (χ2v) is 4.49. The van der Waals surface area contributed by atoms with Crippen molar-refractivity contribution in [2.75, 3.05) is 32.7 Å². The molecule has 72 valence electrons. The Morgan fingerprint density at radius 3 is 2.17 bits per heavy atom. The predicted molar refractivity (Wildman–Crippen MR) is 53.2 cm³/mol. The van der Waals surface area contributed by atoms with Gasteiger partial charge in [-0.15, -0.1) is 0 Å². The first-order valence-electron chi connectivity index (χ1n) is 5.15. The monoisotopic (exact) mass is 171 g/mol. The molecule has 0 radical (unpaired) electrons. The van der Waals surface area contributed by atoms with Crippen molar-refractivity contribution in [1.29, 1.82) is 0 Å². The SMILES string of the molecule is CC[N+]1(CC)CCNCC1(C)C. The Morgan fingerprint density at radius 1 is 1.25 bits per heavy atom. The molecular weight excluding hydrogens is 148 g/mol. The average molecular weight is 171 g/mol. The van der Waals surface area contributed by atoms with Crippen LogP contribution in [0.25, 0.3) is 0 Å². The van der Waals surface area contributed by atoms with Crippen molar-refractivity contribution >= 4 is 0 Å². The molecule has 0 saturated carbocycles. The lowest BCUT2D eigenvalue weighted by atomic mass is 9.95. The zero-order chi connectivity index (χ0) is 9.24. The van der Waals surface area contributed by atoms with Crippen LogP contribution in [-0.4, -0.2) is 42.7 Å². The molecule has 0 aliphatic carbocycles. The number of nitrogens with zero attached hydrogens (tertiary/aromatic N) is 1. The number of hydrogen-bond acceptors (Lipinski definition) is 1. The van der Waals surface area contributed by atoms with Gasteiger partial charge in [-0.25, -0.2) is 0 Å². The fourth-order valence-corrected chi connectivity index (χ4v) is 2.55. The highest BCUT2D eigenvalue weighted by Gasteiger charge is 2.42. The molecule has 0 aromatic heterocycles. The van der Waals surface area contributed by atoms with Crippen molar-refractivity contribution in [2.24, 2.45) is 0 Å². The molecule has 1 aliphatic rings. The number of piperazine rings is 1. The summed E-state index contributed by atoms with van der Waals surface area (Å²) in [5.41, 5.74) is 0.418. The molecule has 0 atom stereocenters. The number of quaternary nitrogens is 1. The second kappa shape index (κ2) is 3.35. The summed E-state index contributed by atoms with van der Waals surface area (Å²) < 4.78 is 1.28. The summed E-state index contributed by atoms with van der Waals surface area (Å²) >= 11 is 0. The highest BCUT2D eigenvalue weighted by atomic mass is 15.4. The fourth-order valence-electron chi connectivity index (χ4n) is 2.55. The quantitative estimate of drug-likeness (QED) is 0.616. The highest BCUT2D eigenvalue weighted by Crippen LogP contribution is 2.25. The van der Waals surface area contributed by atoms with Crippen LogP contribution in [0.15, 0.2) is 0 Å². The molecule has 12 heavy (non-hydrogen) atoms. The van der Waals surface area contributed by atoms with Crippen LogP contribution in [0.1, 0.15) is 27.7 Å². The van der Waals surface area contributed by atoms with E-state index >= 15 is 0 Å². The molecule has 2 nitrogen and oxygen atoms in total. The van der Waals surface area contributed by atoms with Gasteiger partial charge in [-0.3, -0.25) is 0 Å². The van der Waals surface area contributed by atoms with Crippen molar-refractivity contribution < 1.29 is 4.48 Å². The molecule has 1 N–H and O–H groups in total. The van der Waals surface area contributed by atoms with Gasteiger partial charge in [-0.05, 0) is 27.7 Å². The first-order chi connectivity index (χ1) is 5.58. The van der Waals surface area contributed by atoms with Crippen molar-refractivity contribution in [3.8, 4) is 0 Å². The van der Waals surface area contributed by atoms with Crippen LogP contribution in [0.2, 0.25) is 0 Å². The van der Waals surface area contributed by atoms with Crippen molar-refractivity contribution in [3.63, 3.8) is 0 Å². The number of hydrogen-bond donors (Lipinski definition) is 1. The highest BCUT2D eigenvalue weighted by molar-refractivity contribution is 4.78. The molecule has 0 amide bonds. The smallest absolute Gasteiger partial charge is 0.106 e. The Balaban J connectivity index is 2.81. The van der Waals surface area contributed by atoms with Crippen LogP contribution in [0.3, 0.4) is 0 Å². The summed E-state index contributed by atoms with van der Waals surface area (Å²) in [5, 5.41) is 3.48. The maximum Gasteiger partial charge on any atom is 0.106 e. The summed E-state index contributed by atoms with van der Waals surface area (Å²) in [7, 11) is 0. The lowest BCUT2D eigenvalue weighted by Gasteiger charge is -2.52. The average Bonchev–Trinajstić information content (AvgIpc) is 2.05. The lowest BCUT2D eigenvalue weighted by molar-refractivity contribution is -0.971. The minimum Gasteiger partial charge on any atom is -0.318 e. The zero-order valence-electron chi connectivity index (χ0n) is 8.98. The van der Waals surface area contributed by atoms with Crippen LogP contribution >= 0.6 is 0 Å². The molecular formula is C10H23N2+. The van der Waals surface area contributed by atoms with Gasteiger partial charge in [0.1, 0.15) is 5.54 Å². The Morgan fingerprint density at radius 2 is 1.83 bits per heavy atom. The van der Waals surface area contributed by atoms with Gasteiger partial charge in [0.25, 0.3) is 0 Å². The van der Waals surface area contributed by atoms with E-state index in [9.17, 15) is 0 Å². The fraction of sp³-hybridized carbons (Fsp3) is 1.00. The Kier molecular flexibility index (Phi) is 2.79. The summed E-state index contributed by atoms with van der Waals surface area (Å²) in [5.74, 6) is 0. The van der Waals surface area contributed by atoms with Crippen molar-refractivity contribution in [1.82, 2.24) is 5.32 Å². The molecule has 1 rings (SSSR count). The van der Waals surface area contributed by atoms with E-state index < -0.39 is 0 Å². The van der Waals surface area contributed by atoms with Gasteiger partial charge in [0.15, 0.2) is 0 Å². The largest absolute Gasteiger partial charge is 0.318 e. The minimum atomic E-state index is 0.418. The van der Waals surface area contributed by atoms with Gasteiger partial charge in [0.2, 0.25) is 0 Å². The van der Waals surface area contributed by atoms with Gasteiger partial charge in [0, 0.05) is 6.54 Å². The van der Waals surface area contributed by atoms with Crippen LogP contribution in [0.4, 0.5) is 0 Å². The molecule has 1 saturated heterocycles.